The van der Waals surface area contributed by atoms with Gasteiger partial charge in [0.1, 0.15) is 12.4 Å². The number of rotatable bonds is 14. The minimum atomic E-state index is -0.497. The summed E-state index contributed by atoms with van der Waals surface area (Å²) in [5.74, 6) is 0.711. The first kappa shape index (κ1) is 29.2. The van der Waals surface area contributed by atoms with E-state index in [-0.39, 0.29) is 0 Å². The number of fused-ring (bicyclic) bond motifs is 1. The van der Waals surface area contributed by atoms with Gasteiger partial charge in [0, 0.05) is 17.5 Å². The highest BCUT2D eigenvalue weighted by molar-refractivity contribution is 6.62. The normalized spacial score (nSPS) is 16.2. The Bertz CT molecular complexity index is 1230. The fourth-order valence-corrected chi connectivity index (χ4v) is 4.11. The predicted molar refractivity (Wildman–Crippen MR) is 152 cm³/mol. The van der Waals surface area contributed by atoms with Crippen molar-refractivity contribution in [2.24, 2.45) is 5.73 Å². The number of nitrogens with two attached hydrogens (primary N) is 2. The van der Waals surface area contributed by atoms with Crippen LogP contribution in [0.15, 0.2) is 42.6 Å². The molecule has 2 heterocycles. The molecule has 4 rings (SSSR count). The van der Waals surface area contributed by atoms with Gasteiger partial charge < -0.3 is 39.7 Å². The van der Waals surface area contributed by atoms with Crippen LogP contribution in [0.1, 0.15) is 27.7 Å². The van der Waals surface area contributed by atoms with Crippen molar-refractivity contribution in [1.29, 1.82) is 0 Å². The van der Waals surface area contributed by atoms with Crippen molar-refractivity contribution in [2.75, 3.05) is 58.5 Å². The van der Waals surface area contributed by atoms with Crippen LogP contribution in [0.4, 0.5) is 5.69 Å². The zero-order chi connectivity index (χ0) is 27.9. The number of hydrogen-bond acceptors (Lipinski definition) is 10. The third kappa shape index (κ3) is 7.24. The van der Waals surface area contributed by atoms with Gasteiger partial charge in [-0.1, -0.05) is 18.2 Å². The van der Waals surface area contributed by atoms with Gasteiger partial charge in [-0.3, -0.25) is 0 Å². The fraction of sp³-hybridized carbons (Fsp3) is 0.500. The summed E-state index contributed by atoms with van der Waals surface area (Å²) in [4.78, 5) is 0. The van der Waals surface area contributed by atoms with Gasteiger partial charge >= 0.3 is 7.12 Å². The summed E-state index contributed by atoms with van der Waals surface area (Å²) in [6, 6.07) is 11.9. The van der Waals surface area contributed by atoms with Gasteiger partial charge in [0.25, 0.3) is 0 Å². The van der Waals surface area contributed by atoms with Crippen molar-refractivity contribution >= 4 is 29.2 Å². The topological polar surface area (TPSA) is 133 Å². The molecule has 1 saturated heterocycles. The Morgan fingerprint density at radius 3 is 2.13 bits per heavy atom. The van der Waals surface area contributed by atoms with E-state index >= 15 is 0 Å². The number of hydrogen-bond donors (Lipinski definition) is 2. The third-order valence-corrected chi connectivity index (χ3v) is 7.00. The quantitative estimate of drug-likeness (QED) is 0.233. The van der Waals surface area contributed by atoms with Crippen molar-refractivity contribution in [1.82, 2.24) is 10.2 Å². The minimum absolute atomic E-state index is 0.378. The maximum atomic E-state index is 6.29. The number of benzene rings is 2. The van der Waals surface area contributed by atoms with Gasteiger partial charge in [0.15, 0.2) is 0 Å². The fourth-order valence-electron chi connectivity index (χ4n) is 4.11. The molecule has 4 N–H and O–H groups in total. The molecule has 0 radical (unpaired) electrons. The van der Waals surface area contributed by atoms with Crippen molar-refractivity contribution in [3.8, 4) is 16.9 Å². The summed E-state index contributed by atoms with van der Waals surface area (Å²) < 4.78 is 35.2. The molecule has 39 heavy (non-hydrogen) atoms. The van der Waals surface area contributed by atoms with Crippen molar-refractivity contribution in [3.05, 3.63) is 42.6 Å². The number of nitrogen functional groups attached to an aromatic ring is 1. The van der Waals surface area contributed by atoms with Gasteiger partial charge in [-0.15, -0.1) is 0 Å². The molecule has 10 nitrogen and oxygen atoms in total. The number of ether oxygens (including phenoxy) is 4. The second kappa shape index (κ2) is 13.0. The maximum absolute atomic E-state index is 6.29. The van der Waals surface area contributed by atoms with Crippen LogP contribution in [-0.2, 0) is 23.5 Å². The molecule has 3 aromatic rings. The Hall–Kier alpha value is -2.80. The maximum Gasteiger partial charge on any atom is 0.494 e. The Balaban J connectivity index is 1.45. The van der Waals surface area contributed by atoms with Crippen LogP contribution in [0.2, 0.25) is 0 Å². The van der Waals surface area contributed by atoms with Crippen molar-refractivity contribution < 1.29 is 28.3 Å². The first-order valence-corrected chi connectivity index (χ1v) is 13.3. The molecule has 11 heteroatoms. The summed E-state index contributed by atoms with van der Waals surface area (Å²) >= 11 is 0. The Morgan fingerprint density at radius 1 is 0.821 bits per heavy atom. The molecule has 1 aliphatic rings. The largest absolute Gasteiger partial charge is 0.494 e. The summed E-state index contributed by atoms with van der Waals surface area (Å²) in [6.45, 7) is 12.0. The van der Waals surface area contributed by atoms with E-state index in [1.807, 2.05) is 64.1 Å². The molecule has 0 atom stereocenters. The van der Waals surface area contributed by atoms with Gasteiger partial charge in [0.2, 0.25) is 0 Å². The van der Waals surface area contributed by atoms with E-state index in [0.717, 1.165) is 22.0 Å². The summed E-state index contributed by atoms with van der Waals surface area (Å²) in [7, 11) is -0.497. The van der Waals surface area contributed by atoms with Gasteiger partial charge in [0.05, 0.1) is 68.2 Å². The van der Waals surface area contributed by atoms with Crippen LogP contribution in [-0.4, -0.2) is 81.3 Å². The molecule has 2 aromatic carbocycles. The average Bonchev–Trinajstić information content (AvgIpc) is 3.13. The molecule has 0 aliphatic carbocycles. The highest BCUT2D eigenvalue weighted by atomic mass is 16.7. The zero-order valence-electron chi connectivity index (χ0n) is 23.3. The van der Waals surface area contributed by atoms with Gasteiger partial charge in [-0.05, 0) is 56.9 Å². The van der Waals surface area contributed by atoms with Crippen LogP contribution >= 0.6 is 0 Å². The lowest BCUT2D eigenvalue weighted by Gasteiger charge is -2.32. The highest BCUT2D eigenvalue weighted by Gasteiger charge is 2.51. The van der Waals surface area contributed by atoms with Gasteiger partial charge in [-0.25, -0.2) is 0 Å². The molecule has 0 bridgehead atoms. The first-order valence-electron chi connectivity index (χ1n) is 13.3. The van der Waals surface area contributed by atoms with E-state index in [4.69, 9.17) is 39.7 Å². The Labute approximate surface area is 230 Å². The molecule has 0 saturated carbocycles. The zero-order valence-corrected chi connectivity index (χ0v) is 23.3. The summed E-state index contributed by atoms with van der Waals surface area (Å²) in [6.07, 6.45) is 1.55. The van der Waals surface area contributed by atoms with E-state index < -0.39 is 18.3 Å². The number of nitrogens with zero attached hydrogens (tertiary/aromatic N) is 2. The highest BCUT2D eigenvalue weighted by Crippen LogP contribution is 2.38. The van der Waals surface area contributed by atoms with Crippen LogP contribution in [0.3, 0.4) is 0 Å². The third-order valence-electron chi connectivity index (χ3n) is 7.00. The van der Waals surface area contributed by atoms with E-state index in [1.165, 1.54) is 0 Å². The van der Waals surface area contributed by atoms with E-state index in [9.17, 15) is 0 Å². The molecule has 1 aliphatic heterocycles. The standard InChI is InChI=1S/C28H39BN4O6/c1-27(2)28(3,4)39-29(38-27)21-6-8-26(37-16-15-36-14-13-35-12-11-34-10-9-30)23(18-21)20-5-7-22-24(31)19-32-33-25(22)17-20/h5-8,17-19H,9-16,30H2,1-4H3,(H2,31,33). The number of aromatic nitrogens is 2. The second-order valence-corrected chi connectivity index (χ2v) is 10.3. The lowest BCUT2D eigenvalue weighted by molar-refractivity contribution is 0.00578. The smallest absolute Gasteiger partial charge is 0.491 e. The minimum Gasteiger partial charge on any atom is -0.491 e. The van der Waals surface area contributed by atoms with E-state index in [2.05, 4.69) is 10.2 Å². The van der Waals surface area contributed by atoms with Crippen LogP contribution in [0, 0.1) is 0 Å². The number of anilines is 1. The Kier molecular flexibility index (Phi) is 9.76. The monoisotopic (exact) mass is 538 g/mol. The summed E-state index contributed by atoms with van der Waals surface area (Å²) in [5.41, 5.74) is 14.6. The molecule has 210 valence electrons. The van der Waals surface area contributed by atoms with Crippen LogP contribution in [0.5, 0.6) is 5.75 Å². The van der Waals surface area contributed by atoms with Crippen molar-refractivity contribution in [2.45, 2.75) is 38.9 Å². The summed E-state index contributed by atoms with van der Waals surface area (Å²) in [5, 5.41) is 9.12. The molecular weight excluding hydrogens is 499 g/mol. The lowest BCUT2D eigenvalue weighted by atomic mass is 9.77. The first-order chi connectivity index (χ1) is 18.7. The van der Waals surface area contributed by atoms with E-state index in [0.29, 0.717) is 69.7 Å². The SMILES string of the molecule is CC1(C)OB(c2ccc(OCCOCCOCCOCCN)c(-c3ccc4c(N)cnnc4c3)c2)OC1(C)C. The molecule has 0 spiro atoms. The predicted octanol–water partition coefficient (Wildman–Crippen LogP) is 2.57. The van der Waals surface area contributed by atoms with Crippen LogP contribution in [0.25, 0.3) is 22.0 Å². The molecule has 1 fully saturated rings. The van der Waals surface area contributed by atoms with E-state index in [1.54, 1.807) is 6.20 Å². The second-order valence-electron chi connectivity index (χ2n) is 10.3. The van der Waals surface area contributed by atoms with Crippen molar-refractivity contribution in [3.63, 3.8) is 0 Å². The van der Waals surface area contributed by atoms with Gasteiger partial charge in [-0.2, -0.15) is 10.2 Å². The molecule has 0 unspecified atom stereocenters. The molecule has 1 aromatic heterocycles. The molecular formula is C28H39BN4O6. The average molecular weight is 538 g/mol. The Morgan fingerprint density at radius 2 is 1.46 bits per heavy atom. The lowest BCUT2D eigenvalue weighted by Crippen LogP contribution is -2.41. The molecule has 0 amide bonds. The van der Waals surface area contributed by atoms with Crippen LogP contribution < -0.4 is 21.7 Å².